The Hall–Kier alpha value is -1.20. The van der Waals surface area contributed by atoms with Crippen molar-refractivity contribution in [2.45, 2.75) is 23.9 Å². The van der Waals surface area contributed by atoms with Gasteiger partial charge in [0.05, 0.1) is 0 Å². The van der Waals surface area contributed by atoms with Gasteiger partial charge in [-0.3, -0.25) is 4.79 Å². The minimum absolute atomic E-state index is 0.0109. The Kier molecular flexibility index (Phi) is 4.68. The second kappa shape index (κ2) is 5.46. The highest BCUT2D eigenvalue weighted by Gasteiger charge is 2.84. The molecule has 1 amide bonds. The molecule has 0 spiro atoms. The number of hydrogen-bond donors (Lipinski definition) is 0. The van der Waals surface area contributed by atoms with Crippen molar-refractivity contribution >= 4 is 5.91 Å². The van der Waals surface area contributed by atoms with Gasteiger partial charge >= 0.3 is 23.9 Å². The molecule has 1 aliphatic rings. The minimum Gasteiger partial charge on any atom is -0.335 e. The number of carbonyl (C=O) groups excluding carboxylic acids is 1. The number of halogens is 9. The largest absolute Gasteiger partial charge is 0.460 e. The van der Waals surface area contributed by atoms with E-state index in [2.05, 4.69) is 0 Å². The first-order valence-corrected chi connectivity index (χ1v) is 5.84. The molecule has 0 unspecified atom stereocenters. The summed E-state index contributed by atoms with van der Waals surface area (Å²) in [7, 11) is 1.52. The third-order valence-electron chi connectivity index (χ3n) is 3.20. The van der Waals surface area contributed by atoms with Crippen LogP contribution in [0, 0.1) is 0 Å². The van der Waals surface area contributed by atoms with Gasteiger partial charge in [0, 0.05) is 26.2 Å². The molecule has 22 heavy (non-hydrogen) atoms. The fourth-order valence-corrected chi connectivity index (χ4v) is 1.72. The van der Waals surface area contributed by atoms with Crippen LogP contribution in [0.3, 0.4) is 0 Å². The van der Waals surface area contributed by atoms with E-state index in [9.17, 15) is 44.3 Å². The fraction of sp³-hybridized carbons (Fsp3) is 0.900. The van der Waals surface area contributed by atoms with Crippen LogP contribution in [-0.2, 0) is 4.79 Å². The molecule has 0 N–H and O–H groups in total. The number of likely N-dealkylation sites (N-methyl/N-ethyl adjacent to an activating group) is 1. The van der Waals surface area contributed by atoms with Crippen LogP contribution < -0.4 is 0 Å². The van der Waals surface area contributed by atoms with Crippen LogP contribution >= 0.6 is 0 Å². The summed E-state index contributed by atoms with van der Waals surface area (Å²) in [4.78, 5) is 13.0. The quantitative estimate of drug-likeness (QED) is 0.732. The van der Waals surface area contributed by atoms with Gasteiger partial charge in [0.15, 0.2) is 0 Å². The maximum Gasteiger partial charge on any atom is 0.460 e. The van der Waals surface area contributed by atoms with Gasteiger partial charge in [0.1, 0.15) is 0 Å². The van der Waals surface area contributed by atoms with Gasteiger partial charge in [0.2, 0.25) is 0 Å². The SMILES string of the molecule is CN1CCN(C(=O)C(F)(F)C(F)(F)C(F)(F)C(F)(F)F)CC1. The molecule has 0 aliphatic carbocycles. The first-order chi connectivity index (χ1) is 9.66. The van der Waals surface area contributed by atoms with Crippen molar-refractivity contribution in [1.29, 1.82) is 0 Å². The van der Waals surface area contributed by atoms with Crippen molar-refractivity contribution < 1.29 is 44.3 Å². The number of hydrogen-bond acceptors (Lipinski definition) is 2. The zero-order chi connectivity index (χ0) is 17.6. The molecule has 3 nitrogen and oxygen atoms in total. The smallest absolute Gasteiger partial charge is 0.335 e. The van der Waals surface area contributed by atoms with E-state index < -0.39 is 42.9 Å². The van der Waals surface area contributed by atoms with E-state index in [-0.39, 0.29) is 18.0 Å². The number of alkyl halides is 9. The Morgan fingerprint density at radius 3 is 1.55 bits per heavy atom. The lowest BCUT2D eigenvalue weighted by molar-refractivity contribution is -0.389. The summed E-state index contributed by atoms with van der Waals surface area (Å²) in [5, 5.41) is 0. The Morgan fingerprint density at radius 2 is 1.18 bits per heavy atom. The molecule has 1 heterocycles. The van der Waals surface area contributed by atoms with Gasteiger partial charge in [0.25, 0.3) is 5.91 Å². The normalized spacial score (nSPS) is 19.5. The lowest BCUT2D eigenvalue weighted by Crippen LogP contribution is -2.66. The van der Waals surface area contributed by atoms with Crippen LogP contribution in [0.25, 0.3) is 0 Å². The number of piperazine rings is 1. The van der Waals surface area contributed by atoms with Crippen LogP contribution in [0.2, 0.25) is 0 Å². The maximum atomic E-state index is 13.4. The average molecular weight is 346 g/mol. The maximum absolute atomic E-state index is 13.4. The van der Waals surface area contributed by atoms with E-state index in [4.69, 9.17) is 0 Å². The molecule has 0 aromatic rings. The number of rotatable bonds is 3. The third-order valence-corrected chi connectivity index (χ3v) is 3.20. The van der Waals surface area contributed by atoms with E-state index >= 15 is 0 Å². The first-order valence-electron chi connectivity index (χ1n) is 5.84. The van der Waals surface area contributed by atoms with Crippen LogP contribution in [0.15, 0.2) is 0 Å². The molecule has 1 fully saturated rings. The zero-order valence-electron chi connectivity index (χ0n) is 11.0. The fourth-order valence-electron chi connectivity index (χ4n) is 1.72. The summed E-state index contributed by atoms with van der Waals surface area (Å²) in [6.45, 7) is -0.997. The highest BCUT2D eigenvalue weighted by molar-refractivity contribution is 5.85. The highest BCUT2D eigenvalue weighted by Crippen LogP contribution is 2.53. The van der Waals surface area contributed by atoms with Crippen molar-refractivity contribution in [3.63, 3.8) is 0 Å². The highest BCUT2D eigenvalue weighted by atomic mass is 19.4. The standard InChI is InChI=1S/C10H11F9N2O/c1-20-2-4-21(5-3-20)6(22)7(11,12)8(13,14)9(15,16)10(17,18)19/h2-5H2,1H3. The van der Waals surface area contributed by atoms with E-state index in [1.54, 1.807) is 0 Å². The van der Waals surface area contributed by atoms with E-state index in [1.807, 2.05) is 0 Å². The summed E-state index contributed by atoms with van der Waals surface area (Å²) >= 11 is 0. The number of amides is 1. The molecule has 12 heteroatoms. The van der Waals surface area contributed by atoms with Crippen LogP contribution in [0.1, 0.15) is 0 Å². The summed E-state index contributed by atoms with van der Waals surface area (Å²) < 4.78 is 114. The van der Waals surface area contributed by atoms with Crippen LogP contribution in [0.5, 0.6) is 0 Å². The van der Waals surface area contributed by atoms with Crippen molar-refractivity contribution in [2.75, 3.05) is 33.2 Å². The van der Waals surface area contributed by atoms with Crippen LogP contribution in [-0.4, -0.2) is 72.9 Å². The van der Waals surface area contributed by atoms with Gasteiger partial charge in [-0.2, -0.15) is 39.5 Å². The predicted molar refractivity (Wildman–Crippen MR) is 55.0 cm³/mol. The van der Waals surface area contributed by atoms with E-state index in [1.165, 1.54) is 11.9 Å². The molecule has 1 saturated heterocycles. The lowest BCUT2D eigenvalue weighted by atomic mass is 10.0. The lowest BCUT2D eigenvalue weighted by Gasteiger charge is -2.38. The topological polar surface area (TPSA) is 23.6 Å². The summed E-state index contributed by atoms with van der Waals surface area (Å²) in [5.41, 5.74) is 0. The Balaban J connectivity index is 3.08. The second-order valence-corrected chi connectivity index (χ2v) is 4.82. The van der Waals surface area contributed by atoms with Crippen molar-refractivity contribution in [1.82, 2.24) is 9.80 Å². The molecular weight excluding hydrogens is 335 g/mol. The second-order valence-electron chi connectivity index (χ2n) is 4.82. The molecule has 0 saturated carbocycles. The Labute approximate surface area is 118 Å². The molecule has 0 atom stereocenters. The van der Waals surface area contributed by atoms with E-state index in [0.29, 0.717) is 0 Å². The van der Waals surface area contributed by atoms with Crippen molar-refractivity contribution in [2.24, 2.45) is 0 Å². The molecule has 0 aromatic carbocycles. The monoisotopic (exact) mass is 346 g/mol. The van der Waals surface area contributed by atoms with Gasteiger partial charge < -0.3 is 9.80 Å². The third kappa shape index (κ3) is 2.84. The summed E-state index contributed by atoms with van der Waals surface area (Å²) in [5.74, 6) is -22.9. The minimum atomic E-state index is -7.05. The number of nitrogens with zero attached hydrogens (tertiary/aromatic N) is 2. The number of carbonyl (C=O) groups is 1. The van der Waals surface area contributed by atoms with E-state index in [0.717, 1.165) is 0 Å². The molecule has 1 rings (SSSR count). The van der Waals surface area contributed by atoms with Gasteiger partial charge in [-0.15, -0.1) is 0 Å². The summed E-state index contributed by atoms with van der Waals surface area (Å²) in [6.07, 6.45) is -6.93. The summed E-state index contributed by atoms with van der Waals surface area (Å²) in [6, 6.07) is 0. The van der Waals surface area contributed by atoms with Gasteiger partial charge in [-0.25, -0.2) is 0 Å². The van der Waals surface area contributed by atoms with Gasteiger partial charge in [-0.05, 0) is 7.05 Å². The molecule has 1 aliphatic heterocycles. The molecule has 0 aromatic heterocycles. The molecular formula is C10H11F9N2O. The Bertz CT molecular complexity index is 427. The average Bonchev–Trinajstić information content (AvgIpc) is 2.37. The molecule has 0 radical (unpaired) electrons. The Morgan fingerprint density at radius 1 is 0.773 bits per heavy atom. The van der Waals surface area contributed by atoms with Gasteiger partial charge in [-0.1, -0.05) is 0 Å². The first kappa shape index (κ1) is 18.8. The predicted octanol–water partition coefficient (Wildman–Crippen LogP) is 2.23. The zero-order valence-corrected chi connectivity index (χ0v) is 11.0. The molecule has 0 bridgehead atoms. The van der Waals surface area contributed by atoms with Crippen molar-refractivity contribution in [3.8, 4) is 0 Å². The van der Waals surface area contributed by atoms with Crippen molar-refractivity contribution in [3.05, 3.63) is 0 Å². The van der Waals surface area contributed by atoms with Crippen LogP contribution in [0.4, 0.5) is 39.5 Å². The molecule has 130 valence electrons.